The highest BCUT2D eigenvalue weighted by Gasteiger charge is 2.32. The number of benzene rings is 2. The fourth-order valence-corrected chi connectivity index (χ4v) is 4.17. The van der Waals surface area contributed by atoms with Crippen LogP contribution >= 0.6 is 7.60 Å². The van der Waals surface area contributed by atoms with E-state index >= 15 is 0 Å². The zero-order chi connectivity index (χ0) is 16.0. The molecule has 0 bridgehead atoms. The Morgan fingerprint density at radius 1 is 0.864 bits per heavy atom. The summed E-state index contributed by atoms with van der Waals surface area (Å²) in [6.07, 6.45) is 0. The average Bonchev–Trinajstić information content (AvgIpc) is 2.55. The van der Waals surface area contributed by atoms with Crippen molar-refractivity contribution < 1.29 is 13.6 Å². The van der Waals surface area contributed by atoms with Crippen LogP contribution in [-0.4, -0.2) is 13.2 Å². The van der Waals surface area contributed by atoms with Gasteiger partial charge in [-0.2, -0.15) is 0 Å². The molecule has 2 aromatic rings. The third-order valence-electron chi connectivity index (χ3n) is 3.59. The van der Waals surface area contributed by atoms with Gasteiger partial charge in [0.1, 0.15) is 0 Å². The van der Waals surface area contributed by atoms with Gasteiger partial charge in [-0.3, -0.25) is 4.57 Å². The molecule has 118 valence electrons. The van der Waals surface area contributed by atoms with Gasteiger partial charge in [-0.25, -0.2) is 0 Å². The van der Waals surface area contributed by atoms with Gasteiger partial charge in [0.2, 0.25) is 0 Å². The second-order valence-corrected chi connectivity index (χ2v) is 7.41. The fourth-order valence-electron chi connectivity index (χ4n) is 2.39. The first-order chi connectivity index (χ1) is 10.6. The van der Waals surface area contributed by atoms with Crippen LogP contribution in [0, 0.1) is 0 Å². The summed E-state index contributed by atoms with van der Waals surface area (Å²) < 4.78 is 23.7. The van der Waals surface area contributed by atoms with Crippen molar-refractivity contribution in [1.29, 1.82) is 0 Å². The van der Waals surface area contributed by atoms with E-state index in [1.165, 1.54) is 5.56 Å². The highest BCUT2D eigenvalue weighted by molar-refractivity contribution is 7.54. The van der Waals surface area contributed by atoms with Crippen LogP contribution in [0.5, 0.6) is 0 Å². The second kappa shape index (κ2) is 7.73. The summed E-state index contributed by atoms with van der Waals surface area (Å²) in [5.74, 6) is 0. The maximum Gasteiger partial charge on any atom is 0.337 e. The van der Waals surface area contributed by atoms with Crippen molar-refractivity contribution in [1.82, 2.24) is 0 Å². The molecule has 0 N–H and O–H groups in total. The van der Waals surface area contributed by atoms with E-state index in [1.807, 2.05) is 63.2 Å². The minimum atomic E-state index is -3.12. The molecule has 0 aliphatic rings. The largest absolute Gasteiger partial charge is 0.337 e. The topological polar surface area (TPSA) is 35.5 Å². The van der Waals surface area contributed by atoms with Crippen LogP contribution in [0.15, 0.2) is 54.6 Å². The molecule has 22 heavy (non-hydrogen) atoms. The molecule has 0 spiro atoms. The third-order valence-corrected chi connectivity index (χ3v) is 6.08. The molecule has 0 unspecified atom stereocenters. The number of hydrogen-bond donors (Lipinski definition) is 0. The zero-order valence-electron chi connectivity index (χ0n) is 13.4. The molecule has 0 heterocycles. The maximum atomic E-state index is 12.8. The lowest BCUT2D eigenvalue weighted by Crippen LogP contribution is -2.03. The molecule has 0 aromatic heterocycles. The molecular weight excluding hydrogens is 295 g/mol. The molecule has 0 aliphatic heterocycles. The Balaban J connectivity index is 2.24. The molecule has 0 aliphatic carbocycles. The van der Waals surface area contributed by atoms with Gasteiger partial charge in [-0.1, -0.05) is 54.6 Å². The second-order valence-electron chi connectivity index (χ2n) is 5.04. The molecular formula is C18H23O3P. The van der Waals surface area contributed by atoms with Crippen LogP contribution < -0.4 is 0 Å². The first kappa shape index (κ1) is 17.0. The Kier molecular flexibility index (Phi) is 5.96. The van der Waals surface area contributed by atoms with Gasteiger partial charge in [0.05, 0.1) is 18.9 Å². The molecule has 2 rings (SSSR count). The Labute approximate surface area is 132 Å². The first-order valence-corrected chi connectivity index (χ1v) is 9.26. The standard InChI is InChI=1S/C18H23O3P/c1-4-20-22(19,21-5-2)15(3)16-11-13-18(14-12-16)17-9-7-6-8-10-17/h6-15H,4-5H2,1-3H3/t15-/m1/s1. The van der Waals surface area contributed by atoms with E-state index in [0.717, 1.165) is 11.1 Å². The van der Waals surface area contributed by atoms with Crippen molar-refractivity contribution in [2.75, 3.05) is 13.2 Å². The molecule has 0 saturated carbocycles. The number of hydrogen-bond acceptors (Lipinski definition) is 3. The Morgan fingerprint density at radius 2 is 1.36 bits per heavy atom. The monoisotopic (exact) mass is 318 g/mol. The van der Waals surface area contributed by atoms with E-state index < -0.39 is 7.60 Å². The smallest absolute Gasteiger partial charge is 0.308 e. The van der Waals surface area contributed by atoms with Crippen LogP contribution in [0.3, 0.4) is 0 Å². The van der Waals surface area contributed by atoms with Crippen molar-refractivity contribution in [3.63, 3.8) is 0 Å². The Morgan fingerprint density at radius 3 is 1.86 bits per heavy atom. The molecule has 0 saturated heterocycles. The molecule has 4 heteroatoms. The van der Waals surface area contributed by atoms with Crippen LogP contribution in [-0.2, 0) is 13.6 Å². The highest BCUT2D eigenvalue weighted by atomic mass is 31.2. The minimum Gasteiger partial charge on any atom is -0.308 e. The minimum absolute atomic E-state index is 0.280. The summed E-state index contributed by atoms with van der Waals surface area (Å²) in [5.41, 5.74) is 2.99. The molecule has 0 fully saturated rings. The highest BCUT2D eigenvalue weighted by Crippen LogP contribution is 2.60. The quantitative estimate of drug-likeness (QED) is 0.616. The lowest BCUT2D eigenvalue weighted by molar-refractivity contribution is 0.213. The zero-order valence-corrected chi connectivity index (χ0v) is 14.3. The van der Waals surface area contributed by atoms with Crippen molar-refractivity contribution in [2.24, 2.45) is 0 Å². The van der Waals surface area contributed by atoms with Crippen molar-refractivity contribution in [3.05, 3.63) is 60.2 Å². The van der Waals surface area contributed by atoms with Crippen LogP contribution in [0.2, 0.25) is 0 Å². The molecule has 2 aromatic carbocycles. The maximum absolute atomic E-state index is 12.8. The van der Waals surface area contributed by atoms with Gasteiger partial charge >= 0.3 is 7.60 Å². The fraction of sp³-hybridized carbons (Fsp3) is 0.333. The van der Waals surface area contributed by atoms with Gasteiger partial charge in [0, 0.05) is 0 Å². The summed E-state index contributed by atoms with van der Waals surface area (Å²) in [4.78, 5) is 0. The summed E-state index contributed by atoms with van der Waals surface area (Å²) >= 11 is 0. The van der Waals surface area contributed by atoms with Gasteiger partial charge < -0.3 is 9.05 Å². The third kappa shape index (κ3) is 3.86. The average molecular weight is 318 g/mol. The van der Waals surface area contributed by atoms with Crippen molar-refractivity contribution in [3.8, 4) is 11.1 Å². The predicted octanol–water partition coefficient (Wildman–Crippen LogP) is 5.68. The lowest BCUT2D eigenvalue weighted by atomic mass is 10.0. The summed E-state index contributed by atoms with van der Waals surface area (Å²) in [5, 5.41) is 0. The van der Waals surface area contributed by atoms with Crippen molar-refractivity contribution in [2.45, 2.75) is 26.4 Å². The van der Waals surface area contributed by atoms with E-state index in [-0.39, 0.29) is 5.66 Å². The van der Waals surface area contributed by atoms with Gasteiger partial charge in [-0.05, 0) is 37.5 Å². The predicted molar refractivity (Wildman–Crippen MR) is 91.2 cm³/mol. The van der Waals surface area contributed by atoms with E-state index in [9.17, 15) is 4.57 Å². The van der Waals surface area contributed by atoms with Gasteiger partial charge in [-0.15, -0.1) is 0 Å². The van der Waals surface area contributed by atoms with Gasteiger partial charge in [0.25, 0.3) is 0 Å². The number of rotatable bonds is 7. The Bertz CT molecular complexity index is 613. The molecule has 0 amide bonds. The van der Waals surface area contributed by atoms with E-state index in [4.69, 9.17) is 9.05 Å². The Hall–Kier alpha value is -1.41. The summed E-state index contributed by atoms with van der Waals surface area (Å²) in [6, 6.07) is 18.3. The lowest BCUT2D eigenvalue weighted by Gasteiger charge is -2.23. The first-order valence-electron chi connectivity index (χ1n) is 7.65. The molecule has 0 radical (unpaired) electrons. The van der Waals surface area contributed by atoms with Crippen LogP contribution in [0.4, 0.5) is 0 Å². The van der Waals surface area contributed by atoms with Crippen LogP contribution in [0.1, 0.15) is 32.0 Å². The molecule has 3 nitrogen and oxygen atoms in total. The molecule has 1 atom stereocenters. The van der Waals surface area contributed by atoms with E-state index in [0.29, 0.717) is 13.2 Å². The van der Waals surface area contributed by atoms with Crippen molar-refractivity contribution >= 4 is 7.60 Å². The normalized spacial score (nSPS) is 13.0. The summed E-state index contributed by atoms with van der Waals surface area (Å²) in [6.45, 7) is 6.31. The van der Waals surface area contributed by atoms with Gasteiger partial charge in [0.15, 0.2) is 0 Å². The summed E-state index contributed by atoms with van der Waals surface area (Å²) in [7, 11) is -3.12. The van der Waals surface area contributed by atoms with E-state index in [2.05, 4.69) is 12.1 Å². The van der Waals surface area contributed by atoms with E-state index in [1.54, 1.807) is 0 Å². The van der Waals surface area contributed by atoms with Crippen LogP contribution in [0.25, 0.3) is 11.1 Å². The SMILES string of the molecule is CCOP(=O)(OCC)[C@H](C)c1ccc(-c2ccccc2)cc1.